The number of carbonyl (C=O) groups is 2. The lowest BCUT2D eigenvalue weighted by Crippen LogP contribution is -2.43. The van der Waals surface area contributed by atoms with Gasteiger partial charge in [-0.15, -0.1) is 0 Å². The number of benzene rings is 1. The van der Waals surface area contributed by atoms with Gasteiger partial charge in [0, 0.05) is 24.2 Å². The largest absolute Gasteiger partial charge is 0.385 e. The summed E-state index contributed by atoms with van der Waals surface area (Å²) in [5, 5.41) is 15.9. The Labute approximate surface area is 167 Å². The van der Waals surface area contributed by atoms with Gasteiger partial charge in [-0.1, -0.05) is 29.8 Å². The van der Waals surface area contributed by atoms with Crippen molar-refractivity contribution >= 4 is 17.5 Å². The van der Waals surface area contributed by atoms with Gasteiger partial charge in [-0.2, -0.15) is 0 Å². The zero-order chi connectivity index (χ0) is 20.2. The van der Waals surface area contributed by atoms with Crippen molar-refractivity contribution in [3.63, 3.8) is 0 Å². The van der Waals surface area contributed by atoms with Crippen molar-refractivity contribution in [1.82, 2.24) is 15.8 Å². The second-order valence-corrected chi connectivity index (χ2v) is 7.26. The normalized spacial score (nSPS) is 23.2. The van der Waals surface area contributed by atoms with E-state index in [0.29, 0.717) is 24.8 Å². The van der Waals surface area contributed by atoms with E-state index in [1.165, 1.54) is 0 Å². The van der Waals surface area contributed by atoms with Crippen LogP contribution in [0, 0.1) is 5.92 Å². The van der Waals surface area contributed by atoms with Crippen LogP contribution in [0.25, 0.3) is 0 Å². The van der Waals surface area contributed by atoms with Crippen LogP contribution in [0.3, 0.4) is 0 Å². The molecule has 8 heteroatoms. The second kappa shape index (κ2) is 8.40. The van der Waals surface area contributed by atoms with Crippen LogP contribution in [0.4, 0.5) is 0 Å². The molecule has 1 fully saturated rings. The summed E-state index contributed by atoms with van der Waals surface area (Å²) >= 11 is 0. The number of hydrogen-bond acceptors (Lipinski definition) is 6. The predicted molar refractivity (Wildman–Crippen MR) is 104 cm³/mol. The van der Waals surface area contributed by atoms with Gasteiger partial charge in [-0.05, 0) is 42.7 Å². The molecule has 2 aliphatic rings. The molecular formula is C21H22N4O4. The third kappa shape index (κ3) is 4.12. The molecule has 0 bridgehead atoms. The molecule has 1 aliphatic heterocycles. The van der Waals surface area contributed by atoms with Crippen molar-refractivity contribution in [3.8, 4) is 0 Å². The first-order valence-corrected chi connectivity index (χ1v) is 9.64. The Balaban J connectivity index is 1.38. The highest BCUT2D eigenvalue weighted by molar-refractivity contribution is 6.02. The van der Waals surface area contributed by atoms with Gasteiger partial charge < -0.3 is 10.2 Å². The molecule has 3 atom stereocenters. The highest BCUT2D eigenvalue weighted by Crippen LogP contribution is 2.28. The summed E-state index contributed by atoms with van der Waals surface area (Å²) in [6.07, 6.45) is 4.33. The number of oxime groups is 1. The Kier molecular flexibility index (Phi) is 5.53. The molecule has 4 rings (SSSR count). The van der Waals surface area contributed by atoms with Gasteiger partial charge in [-0.3, -0.25) is 19.8 Å². The molecule has 8 nitrogen and oxygen atoms in total. The Morgan fingerprint density at radius 2 is 1.93 bits per heavy atom. The topological polar surface area (TPSA) is 113 Å². The predicted octanol–water partition coefficient (Wildman–Crippen LogP) is 2.35. The lowest BCUT2D eigenvalue weighted by atomic mass is 10.0. The first-order valence-electron chi connectivity index (χ1n) is 9.64. The summed E-state index contributed by atoms with van der Waals surface area (Å²) in [4.78, 5) is 34.1. The van der Waals surface area contributed by atoms with E-state index in [1.54, 1.807) is 23.8 Å². The Morgan fingerprint density at radius 1 is 1.10 bits per heavy atom. The van der Waals surface area contributed by atoms with Gasteiger partial charge in [0.2, 0.25) is 5.91 Å². The fourth-order valence-electron chi connectivity index (χ4n) is 3.87. The van der Waals surface area contributed by atoms with Crippen LogP contribution < -0.4 is 10.8 Å². The highest BCUT2D eigenvalue weighted by Gasteiger charge is 2.34. The molecule has 2 aromatic rings. The number of nitrogens with zero attached hydrogens (tertiary/aromatic N) is 2. The maximum atomic E-state index is 12.6. The van der Waals surface area contributed by atoms with Gasteiger partial charge >= 0.3 is 0 Å². The van der Waals surface area contributed by atoms with Crippen molar-refractivity contribution < 1.29 is 19.6 Å². The molecule has 0 saturated heterocycles. The molecule has 150 valence electrons. The first-order chi connectivity index (χ1) is 14.2. The molecule has 0 radical (unpaired) electrons. The quantitative estimate of drug-likeness (QED) is 0.532. The monoisotopic (exact) mass is 394 g/mol. The molecule has 1 unspecified atom stereocenters. The van der Waals surface area contributed by atoms with E-state index < -0.39 is 11.8 Å². The van der Waals surface area contributed by atoms with Crippen molar-refractivity contribution in [2.75, 3.05) is 0 Å². The minimum absolute atomic E-state index is 0.203. The molecule has 1 aliphatic carbocycles. The standard InChI is InChI=1S/C21H22N4O4/c26-20(23-16-6-3-4-15(16)21(27)24-28)14-9-7-13(8-10-14)18-12-19(29-25-18)17-5-1-2-11-22-17/h1-2,5,7-11,15-16,19,28H,3-4,6,12H2,(H,23,26)(H,24,27)/t15-,16+,19?/m1/s1. The summed E-state index contributed by atoms with van der Waals surface area (Å²) in [5.74, 6) is -1.10. The van der Waals surface area contributed by atoms with Gasteiger partial charge in [0.25, 0.3) is 5.91 Å². The van der Waals surface area contributed by atoms with Gasteiger partial charge in [0.1, 0.15) is 0 Å². The van der Waals surface area contributed by atoms with Crippen LogP contribution in [0.5, 0.6) is 0 Å². The number of pyridine rings is 1. The minimum Gasteiger partial charge on any atom is -0.385 e. The van der Waals surface area contributed by atoms with E-state index in [9.17, 15) is 9.59 Å². The van der Waals surface area contributed by atoms with Crippen molar-refractivity contribution in [3.05, 3.63) is 65.5 Å². The van der Waals surface area contributed by atoms with Gasteiger partial charge in [0.15, 0.2) is 6.10 Å². The summed E-state index contributed by atoms with van der Waals surface area (Å²) in [6.45, 7) is 0. The lowest BCUT2D eigenvalue weighted by Gasteiger charge is -2.19. The van der Waals surface area contributed by atoms with Crippen LogP contribution >= 0.6 is 0 Å². The fourth-order valence-corrected chi connectivity index (χ4v) is 3.87. The van der Waals surface area contributed by atoms with Gasteiger partial charge in [-0.25, -0.2) is 5.48 Å². The first kappa shape index (κ1) is 19.1. The average molecular weight is 394 g/mol. The third-order valence-corrected chi connectivity index (χ3v) is 5.45. The smallest absolute Gasteiger partial charge is 0.251 e. The van der Waals surface area contributed by atoms with E-state index in [-0.39, 0.29) is 18.1 Å². The number of carbonyl (C=O) groups excluding carboxylic acids is 2. The average Bonchev–Trinajstić information content (AvgIpc) is 3.44. The van der Waals surface area contributed by atoms with E-state index in [1.807, 2.05) is 30.3 Å². The van der Waals surface area contributed by atoms with Crippen molar-refractivity contribution in [2.24, 2.45) is 11.1 Å². The number of amides is 2. The third-order valence-electron chi connectivity index (χ3n) is 5.45. The highest BCUT2D eigenvalue weighted by atomic mass is 16.6. The maximum Gasteiger partial charge on any atom is 0.251 e. The van der Waals surface area contributed by atoms with Gasteiger partial charge in [0.05, 0.1) is 17.3 Å². The lowest BCUT2D eigenvalue weighted by molar-refractivity contribution is -0.133. The number of nitrogens with one attached hydrogen (secondary N) is 2. The molecule has 1 aromatic heterocycles. The molecule has 2 amide bonds. The zero-order valence-electron chi connectivity index (χ0n) is 15.7. The molecule has 2 heterocycles. The molecular weight excluding hydrogens is 372 g/mol. The Morgan fingerprint density at radius 3 is 2.66 bits per heavy atom. The molecule has 3 N–H and O–H groups in total. The van der Waals surface area contributed by atoms with Crippen LogP contribution in [0.2, 0.25) is 0 Å². The van der Waals surface area contributed by atoms with E-state index in [4.69, 9.17) is 10.0 Å². The number of hydrogen-bond donors (Lipinski definition) is 3. The van der Waals surface area contributed by atoms with Crippen molar-refractivity contribution in [2.45, 2.75) is 37.8 Å². The second-order valence-electron chi connectivity index (χ2n) is 7.26. The molecule has 1 saturated carbocycles. The summed E-state index contributed by atoms with van der Waals surface area (Å²) in [7, 11) is 0. The SMILES string of the molecule is O=C(N[C@H]1CCC[C@H]1C(=O)NO)c1ccc(C2=NOC(c3ccccn3)C2)cc1. The van der Waals surface area contributed by atoms with Crippen LogP contribution in [0.1, 0.15) is 53.4 Å². The van der Waals surface area contributed by atoms with E-state index >= 15 is 0 Å². The summed E-state index contributed by atoms with van der Waals surface area (Å²) in [5.41, 5.74) is 4.72. The summed E-state index contributed by atoms with van der Waals surface area (Å²) < 4.78 is 0. The fraction of sp³-hybridized carbons (Fsp3) is 0.333. The van der Waals surface area contributed by atoms with Crippen LogP contribution in [-0.2, 0) is 9.63 Å². The maximum absolute atomic E-state index is 12.6. The zero-order valence-corrected chi connectivity index (χ0v) is 15.7. The Hall–Kier alpha value is -3.26. The number of aromatic nitrogens is 1. The number of hydroxylamine groups is 1. The summed E-state index contributed by atoms with van der Waals surface area (Å²) in [6, 6.07) is 12.5. The molecule has 0 spiro atoms. The van der Waals surface area contributed by atoms with E-state index in [2.05, 4.69) is 15.5 Å². The Bertz CT molecular complexity index is 914. The van der Waals surface area contributed by atoms with Crippen LogP contribution in [0.15, 0.2) is 53.8 Å². The number of rotatable bonds is 5. The van der Waals surface area contributed by atoms with E-state index in [0.717, 1.165) is 23.4 Å². The van der Waals surface area contributed by atoms with Crippen LogP contribution in [-0.4, -0.2) is 33.8 Å². The molecule has 29 heavy (non-hydrogen) atoms. The minimum atomic E-state index is -0.454. The van der Waals surface area contributed by atoms with Crippen molar-refractivity contribution in [1.29, 1.82) is 0 Å². The molecule has 1 aromatic carbocycles.